The molecular formula is C23H25NO. The van der Waals surface area contributed by atoms with Crippen LogP contribution in [-0.4, -0.2) is 16.3 Å². The summed E-state index contributed by atoms with van der Waals surface area (Å²) in [6, 6.07) is 22.4. The number of amides is 1. The molecule has 0 atom stereocenters. The average molecular weight is 331 g/mol. The Labute approximate surface area is 150 Å². The van der Waals surface area contributed by atoms with Gasteiger partial charge >= 0.3 is 0 Å². The molecule has 3 rings (SSSR count). The topological polar surface area (TPSA) is 20.3 Å². The van der Waals surface area contributed by atoms with E-state index in [1.54, 1.807) is 0 Å². The van der Waals surface area contributed by atoms with E-state index in [2.05, 4.69) is 45.0 Å². The zero-order valence-corrected chi connectivity index (χ0v) is 15.4. The summed E-state index contributed by atoms with van der Waals surface area (Å²) >= 11 is 0. The van der Waals surface area contributed by atoms with Crippen LogP contribution in [0.4, 0.5) is 0 Å². The Morgan fingerprint density at radius 3 is 2.20 bits per heavy atom. The van der Waals surface area contributed by atoms with E-state index < -0.39 is 0 Å². The molecule has 0 N–H and O–H groups in total. The van der Waals surface area contributed by atoms with Crippen molar-refractivity contribution < 1.29 is 4.79 Å². The summed E-state index contributed by atoms with van der Waals surface area (Å²) in [5.41, 5.74) is 2.70. The van der Waals surface area contributed by atoms with Crippen LogP contribution in [0, 0.1) is 6.92 Å². The number of hydrogen-bond donors (Lipinski definition) is 0. The standard InChI is InChI=1S/C23H25NO/c1-17-14-15-19-12-8-9-13-20(19)21(17)22(25)24(23(2,3)4)16-18-10-6-5-7-11-18/h5-15H,16H2,1-4H3. The molecule has 0 aliphatic rings. The summed E-state index contributed by atoms with van der Waals surface area (Å²) in [4.78, 5) is 15.5. The number of carbonyl (C=O) groups excluding carboxylic acids is 1. The van der Waals surface area contributed by atoms with E-state index in [1.165, 1.54) is 0 Å². The van der Waals surface area contributed by atoms with Crippen LogP contribution in [0.5, 0.6) is 0 Å². The number of rotatable bonds is 3. The number of nitrogens with zero attached hydrogens (tertiary/aromatic N) is 1. The van der Waals surface area contributed by atoms with Gasteiger partial charge in [0, 0.05) is 12.1 Å². The normalized spacial score (nSPS) is 11.5. The lowest BCUT2D eigenvalue weighted by molar-refractivity contribution is 0.0560. The molecule has 0 unspecified atom stereocenters. The maximum Gasteiger partial charge on any atom is 0.255 e. The molecule has 2 nitrogen and oxygen atoms in total. The van der Waals surface area contributed by atoms with Gasteiger partial charge in [-0.2, -0.15) is 0 Å². The highest BCUT2D eigenvalue weighted by molar-refractivity contribution is 6.08. The second kappa shape index (κ2) is 6.72. The Kier molecular flexibility index (Phi) is 4.63. The number of benzene rings is 3. The van der Waals surface area contributed by atoms with Crippen molar-refractivity contribution in [3.05, 3.63) is 83.4 Å². The van der Waals surface area contributed by atoms with Crippen molar-refractivity contribution in [3.63, 3.8) is 0 Å². The van der Waals surface area contributed by atoms with Gasteiger partial charge in [0.2, 0.25) is 0 Å². The fraction of sp³-hybridized carbons (Fsp3) is 0.261. The monoisotopic (exact) mass is 331 g/mol. The van der Waals surface area contributed by atoms with E-state index in [9.17, 15) is 4.79 Å². The molecule has 0 spiro atoms. The maximum absolute atomic E-state index is 13.6. The molecule has 2 heteroatoms. The Hall–Kier alpha value is -2.61. The lowest BCUT2D eigenvalue weighted by atomic mass is 9.96. The molecule has 0 radical (unpaired) electrons. The van der Waals surface area contributed by atoms with Gasteiger partial charge < -0.3 is 4.90 Å². The molecule has 0 aliphatic heterocycles. The summed E-state index contributed by atoms with van der Waals surface area (Å²) in [7, 11) is 0. The molecule has 1 amide bonds. The molecule has 0 fully saturated rings. The van der Waals surface area contributed by atoms with Crippen molar-refractivity contribution in [1.82, 2.24) is 4.90 Å². The van der Waals surface area contributed by atoms with Gasteiger partial charge in [0.25, 0.3) is 5.91 Å². The van der Waals surface area contributed by atoms with Crippen molar-refractivity contribution in [1.29, 1.82) is 0 Å². The summed E-state index contributed by atoms with van der Waals surface area (Å²) in [6.07, 6.45) is 0. The summed E-state index contributed by atoms with van der Waals surface area (Å²) in [5.74, 6) is 0.0886. The molecule has 0 saturated heterocycles. The van der Waals surface area contributed by atoms with Gasteiger partial charge in [-0.1, -0.05) is 66.7 Å². The van der Waals surface area contributed by atoms with Crippen LogP contribution in [0.3, 0.4) is 0 Å². The lowest BCUT2D eigenvalue weighted by Gasteiger charge is -2.36. The minimum atomic E-state index is -0.268. The van der Waals surface area contributed by atoms with Crippen molar-refractivity contribution in [2.24, 2.45) is 0 Å². The maximum atomic E-state index is 13.6. The number of carbonyl (C=O) groups is 1. The SMILES string of the molecule is Cc1ccc2ccccc2c1C(=O)N(Cc1ccccc1)C(C)(C)C. The largest absolute Gasteiger partial charge is 0.329 e. The van der Waals surface area contributed by atoms with Gasteiger partial charge in [-0.05, 0) is 49.6 Å². The van der Waals surface area contributed by atoms with E-state index in [1.807, 2.05) is 54.3 Å². The molecule has 25 heavy (non-hydrogen) atoms. The fourth-order valence-electron chi connectivity index (χ4n) is 3.18. The van der Waals surface area contributed by atoms with Crippen LogP contribution in [0.15, 0.2) is 66.7 Å². The third kappa shape index (κ3) is 3.58. The van der Waals surface area contributed by atoms with Crippen LogP contribution in [0.2, 0.25) is 0 Å². The van der Waals surface area contributed by atoms with Gasteiger partial charge in [0.1, 0.15) is 0 Å². The number of hydrogen-bond acceptors (Lipinski definition) is 1. The quantitative estimate of drug-likeness (QED) is 0.612. The molecular weight excluding hydrogens is 306 g/mol. The minimum absolute atomic E-state index is 0.0886. The predicted molar refractivity (Wildman–Crippen MR) is 105 cm³/mol. The first-order valence-electron chi connectivity index (χ1n) is 8.72. The first kappa shape index (κ1) is 17.2. The number of aryl methyl sites for hydroxylation is 1. The Morgan fingerprint density at radius 1 is 0.880 bits per heavy atom. The molecule has 3 aromatic rings. The van der Waals surface area contributed by atoms with Crippen LogP contribution in [0.25, 0.3) is 10.8 Å². The highest BCUT2D eigenvalue weighted by atomic mass is 16.2. The molecule has 0 saturated carbocycles. The average Bonchev–Trinajstić information content (AvgIpc) is 2.59. The van der Waals surface area contributed by atoms with E-state index >= 15 is 0 Å². The zero-order chi connectivity index (χ0) is 18.0. The molecule has 0 aliphatic carbocycles. The predicted octanol–water partition coefficient (Wildman–Crippen LogP) is 5.59. The highest BCUT2D eigenvalue weighted by Crippen LogP contribution is 2.27. The second-order valence-electron chi connectivity index (χ2n) is 7.53. The van der Waals surface area contributed by atoms with Crippen molar-refractivity contribution >= 4 is 16.7 Å². The van der Waals surface area contributed by atoms with E-state index in [-0.39, 0.29) is 11.4 Å². The van der Waals surface area contributed by atoms with Gasteiger partial charge in [-0.3, -0.25) is 4.79 Å². The van der Waals surface area contributed by atoms with Crippen molar-refractivity contribution in [3.8, 4) is 0 Å². The summed E-state index contributed by atoms with van der Waals surface area (Å²) in [5, 5.41) is 2.12. The first-order chi connectivity index (χ1) is 11.9. The van der Waals surface area contributed by atoms with Crippen LogP contribution < -0.4 is 0 Å². The molecule has 0 aromatic heterocycles. The van der Waals surface area contributed by atoms with Crippen molar-refractivity contribution in [2.75, 3.05) is 0 Å². The van der Waals surface area contributed by atoms with Gasteiger partial charge in [0.05, 0.1) is 5.56 Å². The summed E-state index contributed by atoms with van der Waals surface area (Å²) < 4.78 is 0. The Balaban J connectivity index is 2.08. The highest BCUT2D eigenvalue weighted by Gasteiger charge is 2.29. The Bertz CT molecular complexity index is 891. The van der Waals surface area contributed by atoms with Gasteiger partial charge in [-0.25, -0.2) is 0 Å². The molecule has 0 heterocycles. The fourth-order valence-corrected chi connectivity index (χ4v) is 3.18. The van der Waals surface area contributed by atoms with Crippen LogP contribution >= 0.6 is 0 Å². The van der Waals surface area contributed by atoms with Gasteiger partial charge in [-0.15, -0.1) is 0 Å². The second-order valence-corrected chi connectivity index (χ2v) is 7.53. The smallest absolute Gasteiger partial charge is 0.255 e. The minimum Gasteiger partial charge on any atom is -0.329 e. The van der Waals surface area contributed by atoms with E-state index in [0.717, 1.165) is 27.5 Å². The summed E-state index contributed by atoms with van der Waals surface area (Å²) in [6.45, 7) is 8.89. The first-order valence-corrected chi connectivity index (χ1v) is 8.72. The van der Waals surface area contributed by atoms with E-state index in [0.29, 0.717) is 6.54 Å². The van der Waals surface area contributed by atoms with Crippen LogP contribution in [-0.2, 0) is 6.54 Å². The third-order valence-corrected chi connectivity index (χ3v) is 4.59. The lowest BCUT2D eigenvalue weighted by Crippen LogP contribution is -2.45. The van der Waals surface area contributed by atoms with Crippen LogP contribution in [0.1, 0.15) is 42.3 Å². The third-order valence-electron chi connectivity index (χ3n) is 4.59. The molecule has 3 aromatic carbocycles. The Morgan fingerprint density at radius 2 is 1.52 bits per heavy atom. The molecule has 0 bridgehead atoms. The van der Waals surface area contributed by atoms with Crippen molar-refractivity contribution in [2.45, 2.75) is 39.8 Å². The molecule has 128 valence electrons. The van der Waals surface area contributed by atoms with E-state index in [4.69, 9.17) is 0 Å². The van der Waals surface area contributed by atoms with Gasteiger partial charge in [0.15, 0.2) is 0 Å². The zero-order valence-electron chi connectivity index (χ0n) is 15.4. The number of fused-ring (bicyclic) bond motifs is 1.